The largest absolute Gasteiger partial charge is 0.478 e. The van der Waals surface area contributed by atoms with Gasteiger partial charge in [-0.25, -0.2) is 4.79 Å². The summed E-state index contributed by atoms with van der Waals surface area (Å²) in [5.41, 5.74) is 7.32. The van der Waals surface area contributed by atoms with E-state index in [1.165, 1.54) is 6.07 Å². The lowest BCUT2D eigenvalue weighted by atomic mass is 10.1. The fourth-order valence-electron chi connectivity index (χ4n) is 1.45. The Morgan fingerprint density at radius 1 is 1.59 bits per heavy atom. The molecule has 0 aliphatic heterocycles. The third-order valence-corrected chi connectivity index (χ3v) is 3.10. The maximum absolute atomic E-state index is 10.9. The quantitative estimate of drug-likeness (QED) is 0.680. The zero-order chi connectivity index (χ0) is 12.8. The molecule has 4 N–H and O–H groups in total. The molecule has 94 valence electrons. The molecular weight excluding hydrogens is 236 g/mol. The van der Waals surface area contributed by atoms with Gasteiger partial charge >= 0.3 is 5.97 Å². The summed E-state index contributed by atoms with van der Waals surface area (Å²) in [6.45, 7) is 2.06. The number of benzene rings is 1. The van der Waals surface area contributed by atoms with Crippen molar-refractivity contribution in [1.82, 2.24) is 0 Å². The second-order valence-electron chi connectivity index (χ2n) is 3.93. The third kappa shape index (κ3) is 4.19. The van der Waals surface area contributed by atoms with E-state index in [0.29, 0.717) is 11.4 Å². The molecule has 1 unspecified atom stereocenters. The second kappa shape index (κ2) is 6.39. The van der Waals surface area contributed by atoms with Crippen LogP contribution in [-0.2, 0) is 0 Å². The zero-order valence-electron chi connectivity index (χ0n) is 10.1. The van der Waals surface area contributed by atoms with Crippen molar-refractivity contribution in [1.29, 1.82) is 0 Å². The number of nitrogen functional groups attached to an aromatic ring is 1. The van der Waals surface area contributed by atoms with Gasteiger partial charge in [-0.05, 0) is 43.6 Å². The van der Waals surface area contributed by atoms with Gasteiger partial charge in [0, 0.05) is 6.04 Å². The first-order chi connectivity index (χ1) is 8.04. The molecule has 0 aliphatic rings. The standard InChI is InChI=1S/C12H18N2O2S/c1-8(5-6-17-2)14-11-7-9(12(15)16)3-4-10(11)13/h3-4,7-8,14H,5-6,13H2,1-2H3,(H,15,16). The summed E-state index contributed by atoms with van der Waals surface area (Å²) in [5, 5.41) is 12.1. The van der Waals surface area contributed by atoms with Crippen LogP contribution >= 0.6 is 11.8 Å². The average molecular weight is 254 g/mol. The molecule has 5 heteroatoms. The van der Waals surface area contributed by atoms with Crippen LogP contribution in [0.2, 0.25) is 0 Å². The number of nitrogens with one attached hydrogen (secondary N) is 1. The van der Waals surface area contributed by atoms with E-state index in [0.717, 1.165) is 12.2 Å². The molecule has 1 aromatic rings. The first kappa shape index (κ1) is 13.7. The number of aromatic carboxylic acids is 1. The van der Waals surface area contributed by atoms with Gasteiger partial charge in [-0.3, -0.25) is 0 Å². The van der Waals surface area contributed by atoms with Gasteiger partial charge in [-0.2, -0.15) is 11.8 Å². The molecule has 0 fully saturated rings. The highest BCUT2D eigenvalue weighted by molar-refractivity contribution is 7.98. The predicted molar refractivity (Wildman–Crippen MR) is 73.9 cm³/mol. The number of hydrogen-bond donors (Lipinski definition) is 3. The van der Waals surface area contributed by atoms with Gasteiger partial charge in [0.25, 0.3) is 0 Å². The molecule has 0 saturated carbocycles. The lowest BCUT2D eigenvalue weighted by Crippen LogP contribution is -2.17. The van der Waals surface area contributed by atoms with Gasteiger partial charge in [-0.15, -0.1) is 0 Å². The van der Waals surface area contributed by atoms with E-state index < -0.39 is 5.97 Å². The van der Waals surface area contributed by atoms with Crippen LogP contribution in [0.4, 0.5) is 11.4 Å². The molecular formula is C12H18N2O2S. The number of thioether (sulfide) groups is 1. The molecule has 17 heavy (non-hydrogen) atoms. The van der Waals surface area contributed by atoms with Crippen molar-refractivity contribution in [2.45, 2.75) is 19.4 Å². The van der Waals surface area contributed by atoms with Crippen molar-refractivity contribution < 1.29 is 9.90 Å². The first-order valence-corrected chi connectivity index (χ1v) is 6.82. The van der Waals surface area contributed by atoms with Crippen LogP contribution in [0, 0.1) is 0 Å². The Kier molecular flexibility index (Phi) is 5.15. The first-order valence-electron chi connectivity index (χ1n) is 5.43. The molecule has 0 radical (unpaired) electrons. The lowest BCUT2D eigenvalue weighted by molar-refractivity contribution is 0.0697. The maximum atomic E-state index is 10.9. The minimum Gasteiger partial charge on any atom is -0.478 e. The van der Waals surface area contributed by atoms with Crippen molar-refractivity contribution in [3.05, 3.63) is 23.8 Å². The van der Waals surface area contributed by atoms with Gasteiger partial charge in [0.2, 0.25) is 0 Å². The van der Waals surface area contributed by atoms with Crippen LogP contribution in [0.5, 0.6) is 0 Å². The second-order valence-corrected chi connectivity index (χ2v) is 4.92. The van der Waals surface area contributed by atoms with E-state index in [1.54, 1.807) is 23.9 Å². The van der Waals surface area contributed by atoms with Crippen molar-refractivity contribution in [3.8, 4) is 0 Å². The van der Waals surface area contributed by atoms with Crippen LogP contribution < -0.4 is 11.1 Å². The van der Waals surface area contributed by atoms with Crippen molar-refractivity contribution in [2.75, 3.05) is 23.1 Å². The summed E-state index contributed by atoms with van der Waals surface area (Å²) in [7, 11) is 0. The van der Waals surface area contributed by atoms with Crippen LogP contribution in [0.1, 0.15) is 23.7 Å². The number of carbonyl (C=O) groups is 1. The maximum Gasteiger partial charge on any atom is 0.335 e. The van der Waals surface area contributed by atoms with Crippen molar-refractivity contribution >= 4 is 29.1 Å². The molecule has 1 rings (SSSR count). The van der Waals surface area contributed by atoms with Gasteiger partial charge in [-0.1, -0.05) is 0 Å². The lowest BCUT2D eigenvalue weighted by Gasteiger charge is -2.16. The monoisotopic (exact) mass is 254 g/mol. The molecule has 0 heterocycles. The molecule has 0 bridgehead atoms. The van der Waals surface area contributed by atoms with E-state index in [1.807, 2.05) is 0 Å². The Balaban J connectivity index is 2.75. The van der Waals surface area contributed by atoms with Crippen LogP contribution in [0.15, 0.2) is 18.2 Å². The van der Waals surface area contributed by atoms with Gasteiger partial charge in [0.1, 0.15) is 0 Å². The normalized spacial score (nSPS) is 12.1. The summed E-state index contributed by atoms with van der Waals surface area (Å²) in [6.07, 6.45) is 3.07. The van der Waals surface area contributed by atoms with E-state index >= 15 is 0 Å². The summed E-state index contributed by atoms with van der Waals surface area (Å²) in [4.78, 5) is 10.9. The molecule has 0 spiro atoms. The van der Waals surface area contributed by atoms with Gasteiger partial charge in [0.15, 0.2) is 0 Å². The van der Waals surface area contributed by atoms with Crippen LogP contribution in [-0.4, -0.2) is 29.1 Å². The minimum atomic E-state index is -0.940. The Bertz CT molecular complexity index is 396. The zero-order valence-corrected chi connectivity index (χ0v) is 10.9. The Hall–Kier alpha value is -1.36. The fourth-order valence-corrected chi connectivity index (χ4v) is 2.04. The number of nitrogens with two attached hydrogens (primary N) is 1. The van der Waals surface area contributed by atoms with E-state index in [-0.39, 0.29) is 11.6 Å². The Labute approximate surface area is 106 Å². The SMILES string of the molecule is CSCCC(C)Nc1cc(C(=O)O)ccc1N. The molecule has 0 aromatic heterocycles. The average Bonchev–Trinajstić information content (AvgIpc) is 2.29. The molecule has 0 amide bonds. The summed E-state index contributed by atoms with van der Waals surface area (Å²) in [6, 6.07) is 4.98. The fraction of sp³-hybridized carbons (Fsp3) is 0.417. The Morgan fingerprint density at radius 2 is 2.29 bits per heavy atom. The summed E-state index contributed by atoms with van der Waals surface area (Å²) >= 11 is 1.79. The van der Waals surface area contributed by atoms with E-state index in [2.05, 4.69) is 18.5 Å². The molecule has 0 saturated heterocycles. The molecule has 1 atom stereocenters. The Morgan fingerprint density at radius 3 is 2.88 bits per heavy atom. The highest BCUT2D eigenvalue weighted by Gasteiger charge is 2.08. The van der Waals surface area contributed by atoms with E-state index in [9.17, 15) is 4.79 Å². The number of anilines is 2. The highest BCUT2D eigenvalue weighted by Crippen LogP contribution is 2.21. The van der Waals surface area contributed by atoms with Crippen LogP contribution in [0.25, 0.3) is 0 Å². The minimum absolute atomic E-state index is 0.249. The number of hydrogen-bond acceptors (Lipinski definition) is 4. The molecule has 0 aliphatic carbocycles. The van der Waals surface area contributed by atoms with Gasteiger partial charge < -0.3 is 16.2 Å². The third-order valence-electron chi connectivity index (χ3n) is 2.46. The smallest absolute Gasteiger partial charge is 0.335 e. The van der Waals surface area contributed by atoms with Crippen LogP contribution in [0.3, 0.4) is 0 Å². The highest BCUT2D eigenvalue weighted by atomic mass is 32.2. The number of carboxylic acids is 1. The number of rotatable bonds is 6. The summed E-state index contributed by atoms with van der Waals surface area (Å²) < 4.78 is 0. The molecule has 1 aromatic carbocycles. The van der Waals surface area contributed by atoms with Crippen molar-refractivity contribution in [2.24, 2.45) is 0 Å². The predicted octanol–water partition coefficient (Wildman–Crippen LogP) is 2.52. The van der Waals surface area contributed by atoms with E-state index in [4.69, 9.17) is 10.8 Å². The molecule has 4 nitrogen and oxygen atoms in total. The van der Waals surface area contributed by atoms with Crippen molar-refractivity contribution in [3.63, 3.8) is 0 Å². The summed E-state index contributed by atoms with van der Waals surface area (Å²) in [5.74, 6) is 0.122. The topological polar surface area (TPSA) is 75.3 Å². The number of carboxylic acid groups (broad SMARTS) is 1. The van der Waals surface area contributed by atoms with Gasteiger partial charge in [0.05, 0.1) is 16.9 Å².